The van der Waals surface area contributed by atoms with Crippen LogP contribution >= 0.6 is 41.6 Å². The third-order valence-corrected chi connectivity index (χ3v) is 10.6. The van der Waals surface area contributed by atoms with E-state index in [-0.39, 0.29) is 0 Å². The first-order valence-electron chi connectivity index (χ1n) is 7.54. The Balaban J connectivity index is 0.000000141. The molecule has 2 aromatic rings. The van der Waals surface area contributed by atoms with Crippen molar-refractivity contribution in [2.24, 2.45) is 0 Å². The van der Waals surface area contributed by atoms with Gasteiger partial charge in [0.05, 0.1) is 0 Å². The predicted octanol–water partition coefficient (Wildman–Crippen LogP) is 6.85. The molecule has 0 aromatic heterocycles. The minimum atomic E-state index is -2.74. The first-order valence-corrected chi connectivity index (χ1v) is 13.1. The molecule has 2 nitrogen and oxygen atoms in total. The molecule has 2 aliphatic rings. The van der Waals surface area contributed by atoms with Crippen molar-refractivity contribution >= 4 is 41.6 Å². The van der Waals surface area contributed by atoms with E-state index in [1.165, 1.54) is 0 Å². The summed E-state index contributed by atoms with van der Waals surface area (Å²) in [6.07, 6.45) is 0. The van der Waals surface area contributed by atoms with Crippen LogP contribution in [0.25, 0.3) is 0 Å². The van der Waals surface area contributed by atoms with Crippen LogP contribution in [0.5, 0.6) is 0 Å². The van der Waals surface area contributed by atoms with Gasteiger partial charge in [0, 0.05) is 0 Å². The van der Waals surface area contributed by atoms with E-state index in [4.69, 9.17) is 6.13 Å². The van der Waals surface area contributed by atoms with E-state index in [1.807, 2.05) is 76.2 Å². The van der Waals surface area contributed by atoms with E-state index in [2.05, 4.69) is 0 Å². The molecule has 0 amide bonds. The SMILES string of the molecule is CC1(C)OI(F)c2ccccc21.CC1(C)OI(F)c2ccccc21. The van der Waals surface area contributed by atoms with E-state index < -0.39 is 52.8 Å². The number of rotatable bonds is 0. The van der Waals surface area contributed by atoms with Gasteiger partial charge >= 0.3 is 159 Å². The molecule has 0 aliphatic carbocycles. The summed E-state index contributed by atoms with van der Waals surface area (Å²) in [5.41, 5.74) is 1.24. The van der Waals surface area contributed by atoms with Gasteiger partial charge in [0.15, 0.2) is 0 Å². The van der Waals surface area contributed by atoms with Crippen LogP contribution in [-0.2, 0) is 17.3 Å². The van der Waals surface area contributed by atoms with Crippen LogP contribution in [0.15, 0.2) is 48.5 Å². The minimum absolute atomic E-state index is 0.407. The molecule has 0 atom stereocenters. The zero-order chi connectivity index (χ0) is 17.5. The number of hydrogen-bond acceptors (Lipinski definition) is 2. The summed E-state index contributed by atoms with van der Waals surface area (Å²) in [5.74, 6) is 0. The van der Waals surface area contributed by atoms with E-state index in [9.17, 15) is 5.72 Å². The Hall–Kier alpha value is -0.320. The first kappa shape index (κ1) is 18.5. The molecular weight excluding hydrogens is 540 g/mol. The summed E-state index contributed by atoms with van der Waals surface area (Å²) < 4.78 is 39.0. The van der Waals surface area contributed by atoms with Crippen molar-refractivity contribution < 1.29 is 11.9 Å². The van der Waals surface area contributed by atoms with Crippen molar-refractivity contribution in [2.75, 3.05) is 0 Å². The Morgan fingerprint density at radius 1 is 0.667 bits per heavy atom. The third-order valence-electron chi connectivity index (χ3n) is 3.89. The predicted molar refractivity (Wildman–Crippen MR) is 109 cm³/mol. The van der Waals surface area contributed by atoms with E-state index in [0.29, 0.717) is 0 Å². The molecule has 4 rings (SSSR count). The van der Waals surface area contributed by atoms with Gasteiger partial charge in [-0.15, -0.1) is 0 Å². The van der Waals surface area contributed by atoms with Crippen molar-refractivity contribution in [1.82, 2.24) is 0 Å². The summed E-state index contributed by atoms with van der Waals surface area (Å²) in [6.45, 7) is 7.68. The Morgan fingerprint density at radius 3 is 1.33 bits per heavy atom. The maximum atomic E-state index is 13.3. The van der Waals surface area contributed by atoms with Crippen molar-refractivity contribution in [3.63, 3.8) is 0 Å². The second-order valence-corrected chi connectivity index (χ2v) is 12.1. The van der Waals surface area contributed by atoms with E-state index in [0.717, 1.165) is 18.3 Å². The molecule has 24 heavy (non-hydrogen) atoms. The van der Waals surface area contributed by atoms with Crippen LogP contribution < -0.4 is 0 Å². The first-order chi connectivity index (χ1) is 11.2. The number of fused-ring (bicyclic) bond motifs is 2. The average Bonchev–Trinajstić information content (AvgIpc) is 2.91. The molecule has 2 aromatic carbocycles. The van der Waals surface area contributed by atoms with Gasteiger partial charge in [0.1, 0.15) is 0 Å². The summed E-state index contributed by atoms with van der Waals surface area (Å²) in [5, 5.41) is 0. The van der Waals surface area contributed by atoms with Crippen LogP contribution in [0.3, 0.4) is 0 Å². The summed E-state index contributed by atoms with van der Waals surface area (Å²) in [4.78, 5) is 0. The van der Waals surface area contributed by atoms with Gasteiger partial charge in [0.25, 0.3) is 0 Å². The molecule has 2 heterocycles. The molecule has 6 heteroatoms. The molecule has 2 aliphatic heterocycles. The van der Waals surface area contributed by atoms with Crippen molar-refractivity contribution in [2.45, 2.75) is 38.9 Å². The monoisotopic (exact) mass is 560 g/mol. The number of benzene rings is 2. The Labute approximate surface area is 158 Å². The second-order valence-electron chi connectivity index (χ2n) is 6.55. The quantitative estimate of drug-likeness (QED) is 0.328. The summed E-state index contributed by atoms with van der Waals surface area (Å²) in [6, 6.07) is 15.2. The summed E-state index contributed by atoms with van der Waals surface area (Å²) >= 11 is -5.48. The molecule has 0 radical (unpaired) electrons. The fraction of sp³-hybridized carbons (Fsp3) is 0.333. The molecule has 0 saturated heterocycles. The van der Waals surface area contributed by atoms with Gasteiger partial charge in [0.2, 0.25) is 0 Å². The van der Waals surface area contributed by atoms with Crippen molar-refractivity contribution in [1.29, 1.82) is 0 Å². The maximum absolute atomic E-state index is 13.3. The summed E-state index contributed by atoms with van der Waals surface area (Å²) in [7, 11) is 0. The third kappa shape index (κ3) is 3.47. The van der Waals surface area contributed by atoms with Crippen LogP contribution in [-0.4, -0.2) is 0 Å². The van der Waals surface area contributed by atoms with Gasteiger partial charge in [-0.25, -0.2) is 0 Å². The molecular formula is C18H20F2I2O2. The molecule has 132 valence electrons. The van der Waals surface area contributed by atoms with Gasteiger partial charge < -0.3 is 0 Å². The topological polar surface area (TPSA) is 18.5 Å². The van der Waals surface area contributed by atoms with Crippen molar-refractivity contribution in [3.05, 3.63) is 66.8 Å². The molecule has 0 N–H and O–H groups in total. The average molecular weight is 560 g/mol. The Bertz CT molecular complexity index is 686. The zero-order valence-corrected chi connectivity index (χ0v) is 18.3. The molecule has 0 saturated carbocycles. The zero-order valence-electron chi connectivity index (χ0n) is 13.9. The van der Waals surface area contributed by atoms with E-state index in [1.54, 1.807) is 0 Å². The van der Waals surface area contributed by atoms with Crippen LogP contribution in [0.1, 0.15) is 38.8 Å². The Kier molecular flexibility index (Phi) is 5.21. The van der Waals surface area contributed by atoms with Gasteiger partial charge in [-0.3, -0.25) is 0 Å². The molecule has 0 unspecified atom stereocenters. The van der Waals surface area contributed by atoms with Crippen LogP contribution in [0.4, 0.5) is 5.72 Å². The van der Waals surface area contributed by atoms with E-state index >= 15 is 0 Å². The number of halogens is 4. The normalized spacial score (nSPS) is 22.4. The van der Waals surface area contributed by atoms with Gasteiger partial charge in [-0.05, 0) is 0 Å². The van der Waals surface area contributed by atoms with Gasteiger partial charge in [-0.1, -0.05) is 0 Å². The molecule has 0 fully saturated rings. The van der Waals surface area contributed by atoms with Crippen LogP contribution in [0, 0.1) is 7.14 Å². The number of hydrogen-bond donors (Lipinski definition) is 0. The standard InChI is InChI=1S/2C9H10FIO/c2*1-9(2)7-5-3-4-6-8(7)11(10)12-9/h2*3-6H,1-2H3. The second kappa shape index (κ2) is 6.77. The fourth-order valence-electron chi connectivity index (χ4n) is 2.66. The molecule has 0 spiro atoms. The van der Waals surface area contributed by atoms with Crippen molar-refractivity contribution in [3.8, 4) is 0 Å². The Morgan fingerprint density at radius 2 is 1.00 bits per heavy atom. The van der Waals surface area contributed by atoms with Gasteiger partial charge in [-0.2, -0.15) is 0 Å². The fourth-order valence-corrected chi connectivity index (χ4v) is 9.10. The van der Waals surface area contributed by atoms with Crippen LogP contribution in [0.2, 0.25) is 0 Å². The molecule has 0 bridgehead atoms.